The summed E-state index contributed by atoms with van der Waals surface area (Å²) in [6.07, 6.45) is 0.679. The number of rotatable bonds is 11. The first kappa shape index (κ1) is 29.1. The van der Waals surface area contributed by atoms with Crippen LogP contribution in [-0.4, -0.2) is 44.3 Å². The van der Waals surface area contributed by atoms with E-state index in [2.05, 4.69) is 5.32 Å². The number of carbonyl (C=O) groups excluding carboxylic acids is 2. The van der Waals surface area contributed by atoms with Crippen LogP contribution < -0.4 is 9.62 Å². The SMILES string of the molecule is CCCNC(=O)[C@@H](C)N(Cc1ccc(F)cc1)C(=O)CN(c1ccc(F)c(Cl)c1)S(=O)(=O)c1ccccc1. The van der Waals surface area contributed by atoms with E-state index in [1.165, 1.54) is 66.4 Å². The summed E-state index contributed by atoms with van der Waals surface area (Å²) in [4.78, 5) is 27.6. The fourth-order valence-corrected chi connectivity index (χ4v) is 5.26. The number of benzene rings is 3. The van der Waals surface area contributed by atoms with Gasteiger partial charge in [0.1, 0.15) is 24.2 Å². The molecule has 1 atom stereocenters. The van der Waals surface area contributed by atoms with Crippen LogP contribution in [0.5, 0.6) is 0 Å². The van der Waals surface area contributed by atoms with Crippen LogP contribution in [0.1, 0.15) is 25.8 Å². The summed E-state index contributed by atoms with van der Waals surface area (Å²) < 4.78 is 55.4. The standard InChI is InChI=1S/C27H28ClF2N3O4S/c1-3-15-31-27(35)19(2)32(17-20-9-11-21(29)12-10-20)26(34)18-33(22-13-14-25(30)24(28)16-22)38(36,37)23-7-5-4-6-8-23/h4-14,16,19H,3,15,17-18H2,1-2H3,(H,31,35)/t19-/m1/s1. The number of hydrogen-bond acceptors (Lipinski definition) is 4. The Kier molecular flexibility index (Phi) is 9.82. The van der Waals surface area contributed by atoms with Crippen LogP contribution in [0.3, 0.4) is 0 Å². The highest BCUT2D eigenvalue weighted by Crippen LogP contribution is 2.28. The number of carbonyl (C=O) groups is 2. The second kappa shape index (κ2) is 12.8. The minimum absolute atomic E-state index is 0.0292. The average Bonchev–Trinajstić information content (AvgIpc) is 2.91. The van der Waals surface area contributed by atoms with E-state index in [1.807, 2.05) is 6.92 Å². The number of amides is 2. The van der Waals surface area contributed by atoms with Crippen LogP contribution in [0, 0.1) is 11.6 Å². The summed E-state index contributed by atoms with van der Waals surface area (Å²) in [6.45, 7) is 3.02. The van der Waals surface area contributed by atoms with Crippen LogP contribution in [0.4, 0.5) is 14.5 Å². The van der Waals surface area contributed by atoms with Gasteiger partial charge in [0.05, 0.1) is 15.6 Å². The Morgan fingerprint density at radius 1 is 1.00 bits per heavy atom. The molecule has 0 heterocycles. The van der Waals surface area contributed by atoms with Gasteiger partial charge in [-0.15, -0.1) is 0 Å². The molecule has 3 rings (SSSR count). The molecular weight excluding hydrogens is 536 g/mol. The monoisotopic (exact) mass is 563 g/mol. The summed E-state index contributed by atoms with van der Waals surface area (Å²) in [7, 11) is -4.30. The van der Waals surface area contributed by atoms with Gasteiger partial charge in [-0.3, -0.25) is 13.9 Å². The zero-order valence-electron chi connectivity index (χ0n) is 20.9. The molecule has 202 valence electrons. The predicted molar refractivity (Wildman–Crippen MR) is 142 cm³/mol. The third-order valence-corrected chi connectivity index (χ3v) is 7.86. The topological polar surface area (TPSA) is 86.8 Å². The van der Waals surface area contributed by atoms with Crippen molar-refractivity contribution in [3.05, 3.63) is 95.0 Å². The fraction of sp³-hybridized carbons (Fsp3) is 0.259. The first-order chi connectivity index (χ1) is 18.0. The molecule has 0 radical (unpaired) electrons. The van der Waals surface area contributed by atoms with E-state index in [-0.39, 0.29) is 22.2 Å². The number of anilines is 1. The number of hydrogen-bond donors (Lipinski definition) is 1. The molecule has 0 saturated carbocycles. The molecule has 0 aliphatic heterocycles. The second-order valence-corrected chi connectivity index (χ2v) is 10.8. The third kappa shape index (κ3) is 7.08. The van der Waals surface area contributed by atoms with Gasteiger partial charge in [-0.25, -0.2) is 17.2 Å². The Morgan fingerprint density at radius 3 is 2.26 bits per heavy atom. The van der Waals surface area contributed by atoms with Crippen LogP contribution in [0.15, 0.2) is 77.7 Å². The maximum Gasteiger partial charge on any atom is 0.264 e. The molecule has 38 heavy (non-hydrogen) atoms. The van der Waals surface area contributed by atoms with Gasteiger partial charge >= 0.3 is 0 Å². The Bertz CT molecular complexity index is 1370. The molecule has 0 unspecified atom stereocenters. The lowest BCUT2D eigenvalue weighted by molar-refractivity contribution is -0.139. The molecule has 0 saturated heterocycles. The van der Waals surface area contributed by atoms with Crippen molar-refractivity contribution in [2.45, 2.75) is 37.8 Å². The third-order valence-electron chi connectivity index (χ3n) is 5.78. The lowest BCUT2D eigenvalue weighted by Crippen LogP contribution is -2.51. The van der Waals surface area contributed by atoms with E-state index >= 15 is 0 Å². The van der Waals surface area contributed by atoms with Gasteiger partial charge in [-0.2, -0.15) is 0 Å². The van der Waals surface area contributed by atoms with E-state index in [9.17, 15) is 26.8 Å². The number of halogens is 3. The molecule has 3 aromatic rings. The van der Waals surface area contributed by atoms with Crippen LogP contribution in [-0.2, 0) is 26.2 Å². The minimum Gasteiger partial charge on any atom is -0.354 e. The summed E-state index contributed by atoms with van der Waals surface area (Å²) in [5, 5.41) is 2.41. The summed E-state index contributed by atoms with van der Waals surface area (Å²) in [5.41, 5.74) is 0.510. The molecule has 2 amide bonds. The van der Waals surface area contributed by atoms with Crippen molar-refractivity contribution in [3.8, 4) is 0 Å². The molecule has 0 aliphatic rings. The van der Waals surface area contributed by atoms with Crippen LogP contribution in [0.2, 0.25) is 5.02 Å². The minimum atomic E-state index is -4.30. The van der Waals surface area contributed by atoms with Crippen molar-refractivity contribution in [1.82, 2.24) is 10.2 Å². The summed E-state index contributed by atoms with van der Waals surface area (Å²) in [5.74, 6) is -2.34. The normalized spacial score (nSPS) is 12.0. The quantitative estimate of drug-likeness (QED) is 0.364. The fourth-order valence-electron chi connectivity index (χ4n) is 3.65. The molecule has 0 aliphatic carbocycles. The lowest BCUT2D eigenvalue weighted by atomic mass is 10.1. The van der Waals surface area contributed by atoms with Gasteiger partial charge in [0.15, 0.2) is 0 Å². The van der Waals surface area contributed by atoms with Crippen molar-refractivity contribution in [1.29, 1.82) is 0 Å². The first-order valence-electron chi connectivity index (χ1n) is 11.9. The maximum absolute atomic E-state index is 13.9. The molecule has 0 bridgehead atoms. The van der Waals surface area contributed by atoms with Crippen molar-refractivity contribution in [2.24, 2.45) is 0 Å². The van der Waals surface area contributed by atoms with Crippen molar-refractivity contribution in [3.63, 3.8) is 0 Å². The highest BCUT2D eigenvalue weighted by molar-refractivity contribution is 7.92. The summed E-state index contributed by atoms with van der Waals surface area (Å²) >= 11 is 5.94. The van der Waals surface area contributed by atoms with E-state index in [0.717, 1.165) is 16.4 Å². The molecule has 0 aromatic heterocycles. The Morgan fingerprint density at radius 2 is 1.66 bits per heavy atom. The van der Waals surface area contributed by atoms with E-state index in [4.69, 9.17) is 11.6 Å². The maximum atomic E-state index is 13.9. The zero-order valence-corrected chi connectivity index (χ0v) is 22.5. The van der Waals surface area contributed by atoms with Crippen LogP contribution in [0.25, 0.3) is 0 Å². The molecule has 7 nitrogen and oxygen atoms in total. The molecule has 0 spiro atoms. The molecule has 3 aromatic carbocycles. The number of sulfonamides is 1. The number of nitrogens with one attached hydrogen (secondary N) is 1. The Labute approximate surface area is 226 Å². The predicted octanol–water partition coefficient (Wildman–Crippen LogP) is 4.76. The summed E-state index contributed by atoms with van der Waals surface area (Å²) in [6, 6.07) is 15.2. The average molecular weight is 564 g/mol. The van der Waals surface area contributed by atoms with Gasteiger partial charge in [-0.05, 0) is 61.4 Å². The van der Waals surface area contributed by atoms with Crippen molar-refractivity contribution >= 4 is 39.1 Å². The van der Waals surface area contributed by atoms with E-state index in [0.29, 0.717) is 18.5 Å². The van der Waals surface area contributed by atoms with E-state index in [1.54, 1.807) is 6.07 Å². The molecular formula is C27H28ClF2N3O4S. The van der Waals surface area contributed by atoms with Gasteiger partial charge in [0, 0.05) is 13.1 Å². The zero-order chi connectivity index (χ0) is 27.9. The lowest BCUT2D eigenvalue weighted by Gasteiger charge is -2.32. The second-order valence-electron chi connectivity index (χ2n) is 8.54. The smallest absolute Gasteiger partial charge is 0.264 e. The molecule has 1 N–H and O–H groups in total. The van der Waals surface area contributed by atoms with Crippen molar-refractivity contribution < 1.29 is 26.8 Å². The highest BCUT2D eigenvalue weighted by Gasteiger charge is 2.32. The first-order valence-corrected chi connectivity index (χ1v) is 13.7. The Balaban J connectivity index is 2.02. The molecule has 11 heteroatoms. The van der Waals surface area contributed by atoms with Gasteiger partial charge < -0.3 is 10.2 Å². The van der Waals surface area contributed by atoms with Gasteiger partial charge in [0.2, 0.25) is 11.8 Å². The largest absolute Gasteiger partial charge is 0.354 e. The van der Waals surface area contributed by atoms with Gasteiger partial charge in [0.25, 0.3) is 10.0 Å². The number of nitrogens with zero attached hydrogens (tertiary/aromatic N) is 2. The van der Waals surface area contributed by atoms with Crippen LogP contribution >= 0.6 is 11.6 Å². The highest BCUT2D eigenvalue weighted by atomic mass is 35.5. The van der Waals surface area contributed by atoms with E-state index < -0.39 is 46.1 Å². The van der Waals surface area contributed by atoms with Gasteiger partial charge in [-0.1, -0.05) is 48.9 Å². The van der Waals surface area contributed by atoms with Crippen molar-refractivity contribution in [2.75, 3.05) is 17.4 Å². The molecule has 0 fully saturated rings. The Hall–Kier alpha value is -3.50.